The third kappa shape index (κ3) is 2.37. The zero-order chi connectivity index (χ0) is 14.8. The van der Waals surface area contributed by atoms with E-state index in [4.69, 9.17) is 0 Å². The summed E-state index contributed by atoms with van der Waals surface area (Å²) in [5.41, 5.74) is 0.859. The highest BCUT2D eigenvalue weighted by molar-refractivity contribution is 5.11. The smallest absolute Gasteiger partial charge is 0.0253 e. The van der Waals surface area contributed by atoms with Gasteiger partial charge in [-0.15, -0.1) is 0 Å². The summed E-state index contributed by atoms with van der Waals surface area (Å²) in [4.78, 5) is 3.01. The minimum atomic E-state index is 0.286. The number of hydrogen-bond acceptors (Lipinski definition) is 2. The molecule has 1 saturated heterocycles. The summed E-state index contributed by atoms with van der Waals surface area (Å²) in [6.45, 7) is 12.1. The third-order valence-electron chi connectivity index (χ3n) is 7.14. The van der Waals surface area contributed by atoms with E-state index >= 15 is 0 Å². The van der Waals surface area contributed by atoms with Gasteiger partial charge in [0.25, 0.3) is 0 Å². The van der Waals surface area contributed by atoms with E-state index in [1.54, 1.807) is 19.3 Å². The van der Waals surface area contributed by atoms with Crippen molar-refractivity contribution >= 4 is 0 Å². The monoisotopic (exact) mass is 290 g/mol. The van der Waals surface area contributed by atoms with Crippen molar-refractivity contribution < 1.29 is 0 Å². The Morgan fingerprint density at radius 1 is 0.952 bits per heavy atom. The SMILES string of the molecule is CC(C)C1CNC(C)(C)CN1C12CC3CC(CC(C3)C1)C2. The Balaban J connectivity index is 1.65. The van der Waals surface area contributed by atoms with Gasteiger partial charge in [0.05, 0.1) is 0 Å². The van der Waals surface area contributed by atoms with Crippen LogP contribution >= 0.6 is 0 Å². The molecule has 4 bridgehead atoms. The fourth-order valence-electron chi connectivity index (χ4n) is 6.62. The standard InChI is InChI=1S/C19H34N2/c1-13(2)17-11-20-18(3,4)12-21(17)19-8-14-5-15(9-19)7-16(6-14)10-19/h13-17,20H,5-12H2,1-4H3. The fraction of sp³-hybridized carbons (Fsp3) is 1.00. The van der Waals surface area contributed by atoms with Gasteiger partial charge in [0.1, 0.15) is 0 Å². The molecule has 0 aromatic rings. The lowest BCUT2D eigenvalue weighted by Crippen LogP contribution is -2.71. The van der Waals surface area contributed by atoms with Crippen LogP contribution in [0.3, 0.4) is 0 Å². The lowest BCUT2D eigenvalue weighted by molar-refractivity contribution is -0.128. The van der Waals surface area contributed by atoms with Gasteiger partial charge in [-0.2, -0.15) is 0 Å². The number of rotatable bonds is 2. The van der Waals surface area contributed by atoms with Crippen LogP contribution in [0.5, 0.6) is 0 Å². The van der Waals surface area contributed by atoms with Crippen molar-refractivity contribution in [3.63, 3.8) is 0 Å². The maximum atomic E-state index is 3.81. The van der Waals surface area contributed by atoms with E-state index < -0.39 is 0 Å². The maximum absolute atomic E-state index is 3.81. The summed E-state index contributed by atoms with van der Waals surface area (Å²) in [6.07, 6.45) is 9.21. The highest BCUT2D eigenvalue weighted by atomic mass is 15.3. The summed E-state index contributed by atoms with van der Waals surface area (Å²) >= 11 is 0. The van der Waals surface area contributed by atoms with Crippen LogP contribution in [0, 0.1) is 23.7 Å². The van der Waals surface area contributed by atoms with E-state index in [1.165, 1.54) is 32.4 Å². The van der Waals surface area contributed by atoms with Gasteiger partial charge < -0.3 is 5.32 Å². The van der Waals surface area contributed by atoms with E-state index in [0.717, 1.165) is 29.7 Å². The lowest BCUT2D eigenvalue weighted by atomic mass is 9.52. The Bertz CT molecular complexity index is 377. The average molecular weight is 290 g/mol. The summed E-state index contributed by atoms with van der Waals surface area (Å²) in [5, 5.41) is 3.81. The van der Waals surface area contributed by atoms with Crippen LogP contribution in [0.1, 0.15) is 66.2 Å². The van der Waals surface area contributed by atoms with Crippen LogP contribution in [0.25, 0.3) is 0 Å². The molecule has 4 saturated carbocycles. The molecule has 0 spiro atoms. The molecule has 1 aliphatic heterocycles. The molecule has 1 atom stereocenters. The molecular weight excluding hydrogens is 256 g/mol. The summed E-state index contributed by atoms with van der Waals surface area (Å²) < 4.78 is 0. The molecule has 0 radical (unpaired) electrons. The number of nitrogens with one attached hydrogen (secondary N) is 1. The summed E-state index contributed by atoms with van der Waals surface area (Å²) in [5.74, 6) is 3.94. The van der Waals surface area contributed by atoms with Crippen molar-refractivity contribution in [1.29, 1.82) is 0 Å². The van der Waals surface area contributed by atoms with E-state index in [1.807, 2.05) is 0 Å². The minimum Gasteiger partial charge on any atom is -0.309 e. The zero-order valence-electron chi connectivity index (χ0n) is 14.5. The second kappa shape index (κ2) is 4.71. The van der Waals surface area contributed by atoms with Gasteiger partial charge in [0.2, 0.25) is 0 Å². The molecule has 0 aromatic carbocycles. The van der Waals surface area contributed by atoms with E-state index in [-0.39, 0.29) is 5.54 Å². The minimum absolute atomic E-state index is 0.286. The summed E-state index contributed by atoms with van der Waals surface area (Å²) in [7, 11) is 0. The Hall–Kier alpha value is -0.0800. The van der Waals surface area contributed by atoms with Gasteiger partial charge in [-0.05, 0) is 76.0 Å². The van der Waals surface area contributed by atoms with Crippen LogP contribution in [-0.4, -0.2) is 35.1 Å². The molecule has 1 heterocycles. The van der Waals surface area contributed by atoms with Crippen molar-refractivity contribution in [2.45, 2.75) is 83.3 Å². The van der Waals surface area contributed by atoms with Crippen LogP contribution in [0.15, 0.2) is 0 Å². The molecule has 2 heteroatoms. The zero-order valence-corrected chi connectivity index (χ0v) is 14.5. The Labute approximate surface area is 131 Å². The number of nitrogens with zero attached hydrogens (tertiary/aromatic N) is 1. The van der Waals surface area contributed by atoms with Crippen LogP contribution in [-0.2, 0) is 0 Å². The van der Waals surface area contributed by atoms with Gasteiger partial charge >= 0.3 is 0 Å². The fourth-order valence-corrected chi connectivity index (χ4v) is 6.62. The molecule has 1 N–H and O–H groups in total. The largest absolute Gasteiger partial charge is 0.309 e. The predicted molar refractivity (Wildman–Crippen MR) is 88.3 cm³/mol. The molecule has 120 valence electrons. The van der Waals surface area contributed by atoms with Gasteiger partial charge in [0.15, 0.2) is 0 Å². The van der Waals surface area contributed by atoms with Crippen molar-refractivity contribution in [1.82, 2.24) is 10.2 Å². The molecule has 5 aliphatic rings. The van der Waals surface area contributed by atoms with Crippen molar-refractivity contribution in [2.75, 3.05) is 13.1 Å². The third-order valence-corrected chi connectivity index (χ3v) is 7.14. The van der Waals surface area contributed by atoms with E-state index in [2.05, 4.69) is 37.9 Å². The first kappa shape index (κ1) is 14.5. The Morgan fingerprint density at radius 2 is 1.48 bits per heavy atom. The summed E-state index contributed by atoms with van der Waals surface area (Å²) in [6, 6.07) is 0.745. The quantitative estimate of drug-likeness (QED) is 0.835. The second-order valence-corrected chi connectivity index (χ2v) is 9.85. The van der Waals surface area contributed by atoms with Crippen molar-refractivity contribution in [3.8, 4) is 0 Å². The normalized spacial score (nSPS) is 49.0. The van der Waals surface area contributed by atoms with E-state index in [9.17, 15) is 0 Å². The Kier molecular flexibility index (Phi) is 3.25. The van der Waals surface area contributed by atoms with Crippen molar-refractivity contribution in [3.05, 3.63) is 0 Å². The molecule has 2 nitrogen and oxygen atoms in total. The van der Waals surface area contributed by atoms with Gasteiger partial charge in [-0.25, -0.2) is 0 Å². The lowest BCUT2D eigenvalue weighted by Gasteiger charge is -2.64. The first-order valence-electron chi connectivity index (χ1n) is 9.39. The molecular formula is C19H34N2. The molecule has 0 aromatic heterocycles. The van der Waals surface area contributed by atoms with Crippen molar-refractivity contribution in [2.24, 2.45) is 23.7 Å². The van der Waals surface area contributed by atoms with Crippen LogP contribution in [0.2, 0.25) is 0 Å². The topological polar surface area (TPSA) is 15.3 Å². The van der Waals surface area contributed by atoms with Gasteiger partial charge in [-0.3, -0.25) is 4.90 Å². The molecule has 5 rings (SSSR count). The van der Waals surface area contributed by atoms with Crippen LogP contribution in [0.4, 0.5) is 0 Å². The molecule has 0 amide bonds. The maximum Gasteiger partial charge on any atom is 0.0253 e. The first-order valence-corrected chi connectivity index (χ1v) is 9.39. The Morgan fingerprint density at radius 3 is 1.95 bits per heavy atom. The average Bonchev–Trinajstić information content (AvgIpc) is 2.35. The number of piperazine rings is 1. The van der Waals surface area contributed by atoms with Crippen LogP contribution < -0.4 is 5.32 Å². The number of hydrogen-bond donors (Lipinski definition) is 1. The van der Waals surface area contributed by atoms with Gasteiger partial charge in [0, 0.05) is 30.2 Å². The molecule has 4 aliphatic carbocycles. The highest BCUT2D eigenvalue weighted by Gasteiger charge is 2.56. The second-order valence-electron chi connectivity index (χ2n) is 9.85. The van der Waals surface area contributed by atoms with E-state index in [0.29, 0.717) is 5.54 Å². The molecule has 21 heavy (non-hydrogen) atoms. The molecule has 1 unspecified atom stereocenters. The highest BCUT2D eigenvalue weighted by Crippen LogP contribution is 2.58. The first-order chi connectivity index (χ1) is 9.87. The predicted octanol–water partition coefficient (Wildman–Crippen LogP) is 3.66. The van der Waals surface area contributed by atoms with Gasteiger partial charge in [-0.1, -0.05) is 13.8 Å². The molecule has 5 fully saturated rings.